The summed E-state index contributed by atoms with van der Waals surface area (Å²) in [5.41, 5.74) is -0.132. The molecule has 1 aromatic heterocycles. The first kappa shape index (κ1) is 24.0. The average molecular weight is 447 g/mol. The Balaban J connectivity index is 1.96. The van der Waals surface area contributed by atoms with Crippen molar-refractivity contribution in [1.29, 1.82) is 0 Å². The quantitative estimate of drug-likeness (QED) is 0.560. The number of benzene rings is 1. The predicted octanol–water partition coefficient (Wildman–Crippen LogP) is 2.02. The summed E-state index contributed by atoms with van der Waals surface area (Å²) in [6.07, 6.45) is 0.894. The minimum atomic E-state index is -0.590. The molecular weight excluding hydrogens is 420 g/mol. The Morgan fingerprint density at radius 3 is 2.39 bits per heavy atom. The number of rotatable bonds is 7. The zero-order valence-electron chi connectivity index (χ0n) is 17.9. The summed E-state index contributed by atoms with van der Waals surface area (Å²) >= 11 is 1.10. The molecule has 2 rings (SSSR count). The number of carbonyl (C=O) groups is 3. The molecule has 3 amide bonds. The molecule has 166 valence electrons. The number of amides is 3. The normalized spacial score (nSPS) is 10.8. The molecule has 10 heteroatoms. The zero-order valence-corrected chi connectivity index (χ0v) is 18.7. The third-order valence-electron chi connectivity index (χ3n) is 3.75. The third-order valence-corrected chi connectivity index (χ3v) is 4.69. The van der Waals surface area contributed by atoms with Crippen molar-refractivity contribution in [2.45, 2.75) is 31.3 Å². The van der Waals surface area contributed by atoms with Gasteiger partial charge in [0.15, 0.2) is 0 Å². The van der Waals surface area contributed by atoms with E-state index in [9.17, 15) is 19.2 Å². The van der Waals surface area contributed by atoms with Gasteiger partial charge >= 0.3 is 6.09 Å². The summed E-state index contributed by atoms with van der Waals surface area (Å²) < 4.78 is 6.45. The maximum Gasteiger partial charge on any atom is 0.407 e. The van der Waals surface area contributed by atoms with Crippen LogP contribution in [0.2, 0.25) is 0 Å². The van der Waals surface area contributed by atoms with Gasteiger partial charge < -0.3 is 20.7 Å². The Kier molecular flexibility index (Phi) is 8.26. The number of carbonyl (C=O) groups excluding carboxylic acids is 3. The molecule has 2 aromatic rings. The van der Waals surface area contributed by atoms with Crippen LogP contribution >= 0.6 is 11.9 Å². The molecule has 31 heavy (non-hydrogen) atoms. The van der Waals surface area contributed by atoms with Crippen LogP contribution in [0.1, 0.15) is 41.5 Å². The molecule has 0 radical (unpaired) electrons. The first-order valence-corrected chi connectivity index (χ1v) is 10.3. The van der Waals surface area contributed by atoms with Gasteiger partial charge in [0, 0.05) is 42.9 Å². The van der Waals surface area contributed by atoms with Gasteiger partial charge in [-0.05, 0) is 57.0 Å². The fourth-order valence-corrected chi connectivity index (χ4v) is 3.25. The Hall–Kier alpha value is -3.27. The smallest absolute Gasteiger partial charge is 0.407 e. The predicted molar refractivity (Wildman–Crippen MR) is 118 cm³/mol. The molecule has 0 fully saturated rings. The largest absolute Gasteiger partial charge is 0.444 e. The molecule has 3 N–H and O–H groups in total. The molecule has 0 aliphatic carbocycles. The summed E-state index contributed by atoms with van der Waals surface area (Å²) in [7, 11) is 1.51. The Bertz CT molecular complexity index is 1010. The minimum absolute atomic E-state index is 0.219. The second-order valence-electron chi connectivity index (χ2n) is 7.46. The molecule has 0 aliphatic rings. The van der Waals surface area contributed by atoms with E-state index < -0.39 is 11.7 Å². The van der Waals surface area contributed by atoms with E-state index in [1.807, 2.05) is 0 Å². The van der Waals surface area contributed by atoms with Crippen LogP contribution in [-0.4, -0.2) is 47.6 Å². The molecule has 0 saturated heterocycles. The van der Waals surface area contributed by atoms with Gasteiger partial charge in [0.1, 0.15) is 5.60 Å². The maximum atomic E-state index is 12.4. The molecule has 1 aromatic carbocycles. The highest BCUT2D eigenvalue weighted by molar-refractivity contribution is 7.97. The lowest BCUT2D eigenvalue weighted by molar-refractivity contribution is 0.0526. The SMILES string of the molecule is CNC(=O)c1ccc(=O)n(Sc2cccc(C(=O)NCCNC(=O)OC(C)(C)C)c2)c1. The molecule has 0 unspecified atom stereocenters. The number of alkyl carbamates (subject to hydrolysis) is 1. The first-order chi connectivity index (χ1) is 14.6. The second kappa shape index (κ2) is 10.7. The van der Waals surface area contributed by atoms with Crippen molar-refractivity contribution in [1.82, 2.24) is 19.9 Å². The Morgan fingerprint density at radius 1 is 1.00 bits per heavy atom. The number of nitrogens with one attached hydrogen (secondary N) is 3. The number of hydrogen-bond acceptors (Lipinski definition) is 6. The van der Waals surface area contributed by atoms with Crippen molar-refractivity contribution >= 4 is 29.9 Å². The van der Waals surface area contributed by atoms with E-state index >= 15 is 0 Å². The van der Waals surface area contributed by atoms with E-state index in [-0.39, 0.29) is 30.5 Å². The summed E-state index contributed by atoms with van der Waals surface area (Å²) in [5.74, 6) is -0.623. The Morgan fingerprint density at radius 2 is 1.71 bits per heavy atom. The number of nitrogens with zero attached hydrogens (tertiary/aromatic N) is 1. The zero-order chi connectivity index (χ0) is 23.0. The molecule has 0 bridgehead atoms. The molecule has 0 saturated carbocycles. The maximum absolute atomic E-state index is 12.4. The van der Waals surface area contributed by atoms with E-state index in [2.05, 4.69) is 16.0 Å². The van der Waals surface area contributed by atoms with Gasteiger partial charge in [-0.1, -0.05) is 6.07 Å². The van der Waals surface area contributed by atoms with Gasteiger partial charge in [0.25, 0.3) is 17.4 Å². The molecule has 0 spiro atoms. The van der Waals surface area contributed by atoms with Crippen LogP contribution in [0.25, 0.3) is 0 Å². The second-order valence-corrected chi connectivity index (χ2v) is 8.51. The third kappa shape index (κ3) is 7.82. The topological polar surface area (TPSA) is 119 Å². The van der Waals surface area contributed by atoms with Gasteiger partial charge in [-0.25, -0.2) is 4.79 Å². The molecule has 9 nitrogen and oxygen atoms in total. The van der Waals surface area contributed by atoms with Crippen molar-refractivity contribution in [2.24, 2.45) is 0 Å². The number of ether oxygens (including phenoxy) is 1. The summed E-state index contributed by atoms with van der Waals surface area (Å²) in [6, 6.07) is 9.50. The summed E-state index contributed by atoms with van der Waals surface area (Å²) in [4.78, 5) is 48.5. The fourth-order valence-electron chi connectivity index (χ4n) is 2.38. The number of hydrogen-bond donors (Lipinski definition) is 3. The molecule has 0 atom stereocenters. The summed E-state index contributed by atoms with van der Waals surface area (Å²) in [6.45, 7) is 5.74. The molecule has 0 aliphatic heterocycles. The average Bonchev–Trinajstić information content (AvgIpc) is 2.71. The van der Waals surface area contributed by atoms with E-state index in [0.29, 0.717) is 16.0 Å². The fraction of sp³-hybridized carbons (Fsp3) is 0.333. The van der Waals surface area contributed by atoms with Gasteiger partial charge in [-0.3, -0.25) is 18.4 Å². The lowest BCUT2D eigenvalue weighted by Gasteiger charge is -2.19. The van der Waals surface area contributed by atoms with Gasteiger partial charge in [0.05, 0.1) is 5.56 Å². The van der Waals surface area contributed by atoms with Crippen molar-refractivity contribution in [2.75, 3.05) is 20.1 Å². The standard InChI is InChI=1S/C21H26N4O5S/c1-21(2,3)30-20(29)24-11-10-23-19(28)14-6-5-7-16(12-14)31-25-13-15(18(27)22-4)8-9-17(25)26/h5-9,12-13H,10-11H2,1-4H3,(H,22,27)(H,23,28)(H,24,29). The van der Waals surface area contributed by atoms with Crippen molar-refractivity contribution in [3.8, 4) is 0 Å². The lowest BCUT2D eigenvalue weighted by Crippen LogP contribution is -2.37. The lowest BCUT2D eigenvalue weighted by atomic mass is 10.2. The van der Waals surface area contributed by atoms with E-state index in [1.165, 1.54) is 29.3 Å². The monoisotopic (exact) mass is 446 g/mol. The minimum Gasteiger partial charge on any atom is -0.444 e. The van der Waals surface area contributed by atoms with E-state index in [0.717, 1.165) is 11.9 Å². The highest BCUT2D eigenvalue weighted by Crippen LogP contribution is 2.20. The van der Waals surface area contributed by atoms with Crippen LogP contribution in [0.4, 0.5) is 4.79 Å². The van der Waals surface area contributed by atoms with E-state index in [4.69, 9.17) is 4.74 Å². The first-order valence-electron chi connectivity index (χ1n) is 9.57. The number of aromatic nitrogens is 1. The van der Waals surface area contributed by atoms with Crippen LogP contribution in [0, 0.1) is 0 Å². The number of pyridine rings is 1. The molecular formula is C21H26N4O5S. The van der Waals surface area contributed by atoms with Crippen LogP contribution < -0.4 is 21.5 Å². The van der Waals surface area contributed by atoms with Crippen molar-refractivity contribution in [3.05, 3.63) is 64.1 Å². The van der Waals surface area contributed by atoms with Crippen LogP contribution in [0.5, 0.6) is 0 Å². The van der Waals surface area contributed by atoms with Crippen molar-refractivity contribution < 1.29 is 19.1 Å². The highest BCUT2D eigenvalue weighted by Gasteiger charge is 2.15. The van der Waals surface area contributed by atoms with Gasteiger partial charge in [0.2, 0.25) is 0 Å². The van der Waals surface area contributed by atoms with Crippen LogP contribution in [0.3, 0.4) is 0 Å². The van der Waals surface area contributed by atoms with Crippen molar-refractivity contribution in [3.63, 3.8) is 0 Å². The van der Waals surface area contributed by atoms with Crippen LogP contribution in [-0.2, 0) is 4.74 Å². The van der Waals surface area contributed by atoms with Gasteiger partial charge in [-0.15, -0.1) is 0 Å². The molecule has 1 heterocycles. The van der Waals surface area contributed by atoms with E-state index in [1.54, 1.807) is 45.0 Å². The summed E-state index contributed by atoms with van der Waals surface area (Å²) in [5, 5.41) is 7.78. The highest BCUT2D eigenvalue weighted by atomic mass is 32.2. The van der Waals surface area contributed by atoms with Crippen LogP contribution in [0.15, 0.2) is 52.3 Å². The van der Waals surface area contributed by atoms with Gasteiger partial charge in [-0.2, -0.15) is 0 Å². The Labute approximate surface area is 184 Å².